The summed E-state index contributed by atoms with van der Waals surface area (Å²) in [7, 11) is 1.56. The van der Waals surface area contributed by atoms with Crippen LogP contribution in [0.2, 0.25) is 0 Å². The van der Waals surface area contributed by atoms with E-state index in [1.807, 2.05) is 24.3 Å². The second-order valence-electron chi connectivity index (χ2n) is 8.05. The molecule has 26 heavy (non-hydrogen) atoms. The lowest BCUT2D eigenvalue weighted by atomic mass is 9.85. The van der Waals surface area contributed by atoms with Crippen molar-refractivity contribution < 1.29 is 19.4 Å². The van der Waals surface area contributed by atoms with Crippen LogP contribution < -0.4 is 0 Å². The molecule has 1 aliphatic heterocycles. The molecule has 0 spiro atoms. The number of hydrogen-bond acceptors (Lipinski definition) is 4. The first-order chi connectivity index (χ1) is 12.1. The molecule has 1 unspecified atom stereocenters. The Kier molecular flexibility index (Phi) is 5.91. The molecule has 0 radical (unpaired) electrons. The van der Waals surface area contributed by atoms with Crippen LogP contribution >= 0.6 is 0 Å². The monoisotopic (exact) mass is 359 g/mol. The lowest BCUT2D eigenvalue weighted by molar-refractivity contribution is -0.130. The number of aliphatic hydroxyl groups is 1. The summed E-state index contributed by atoms with van der Waals surface area (Å²) in [5.74, 6) is -1.47. The molecule has 0 fully saturated rings. The highest BCUT2D eigenvalue weighted by atomic mass is 16.5. The quantitative estimate of drug-likeness (QED) is 0.843. The summed E-state index contributed by atoms with van der Waals surface area (Å²) >= 11 is 0. The summed E-state index contributed by atoms with van der Waals surface area (Å²) in [6.07, 6.45) is 0. The first kappa shape index (κ1) is 20.2. The van der Waals surface area contributed by atoms with Gasteiger partial charge in [0.1, 0.15) is 0 Å². The number of hydrogen-bond donors (Lipinski definition) is 1. The van der Waals surface area contributed by atoms with Gasteiger partial charge in [-0.1, -0.05) is 58.9 Å². The maximum atomic E-state index is 12.7. The molecule has 1 N–H and O–H groups in total. The largest absolute Gasteiger partial charge is 0.503 e. The van der Waals surface area contributed by atoms with Crippen LogP contribution in [0.1, 0.15) is 51.8 Å². The van der Waals surface area contributed by atoms with Gasteiger partial charge in [-0.3, -0.25) is 9.59 Å². The maximum absolute atomic E-state index is 12.7. The number of carbonyl (C=O) groups excluding carboxylic acids is 2. The molecule has 0 saturated carbocycles. The van der Waals surface area contributed by atoms with Gasteiger partial charge in [0.25, 0.3) is 5.91 Å². The van der Waals surface area contributed by atoms with Crippen molar-refractivity contribution >= 4 is 11.7 Å². The first-order valence-corrected chi connectivity index (χ1v) is 8.97. The molecule has 0 aromatic heterocycles. The number of rotatable bonds is 6. The van der Waals surface area contributed by atoms with Crippen LogP contribution in [-0.2, 0) is 19.7 Å². The Hall–Kier alpha value is -2.14. The number of amides is 1. The van der Waals surface area contributed by atoms with Crippen LogP contribution in [0, 0.1) is 5.92 Å². The van der Waals surface area contributed by atoms with Crippen molar-refractivity contribution in [2.45, 2.75) is 46.1 Å². The average Bonchev–Trinajstić information content (AvgIpc) is 2.83. The van der Waals surface area contributed by atoms with Crippen molar-refractivity contribution in [2.75, 3.05) is 20.3 Å². The highest BCUT2D eigenvalue weighted by Gasteiger charge is 2.43. The molecular weight excluding hydrogens is 330 g/mol. The molecule has 1 atom stereocenters. The Morgan fingerprint density at radius 3 is 2.27 bits per heavy atom. The van der Waals surface area contributed by atoms with Gasteiger partial charge in [0.15, 0.2) is 11.5 Å². The van der Waals surface area contributed by atoms with E-state index in [9.17, 15) is 14.7 Å². The number of nitrogens with zero attached hydrogens (tertiary/aromatic N) is 1. The average molecular weight is 359 g/mol. The lowest BCUT2D eigenvalue weighted by Crippen LogP contribution is -2.34. The summed E-state index contributed by atoms with van der Waals surface area (Å²) in [5.41, 5.74) is 2.17. The standard InChI is InChI=1S/C21H29NO4/c1-13(2)18(23)16-17(22(11-12-26-6)20(25)19(16)24)14-7-9-15(10-8-14)21(3,4)5/h7-10,13,17,24H,11-12H2,1-6H3. The minimum Gasteiger partial charge on any atom is -0.503 e. The summed E-state index contributed by atoms with van der Waals surface area (Å²) in [4.78, 5) is 26.8. The van der Waals surface area contributed by atoms with E-state index in [0.29, 0.717) is 13.2 Å². The Labute approximate surface area is 155 Å². The molecule has 1 amide bonds. The van der Waals surface area contributed by atoms with Gasteiger partial charge in [0, 0.05) is 19.6 Å². The third-order valence-electron chi connectivity index (χ3n) is 4.72. The third-order valence-corrected chi connectivity index (χ3v) is 4.72. The molecule has 1 aromatic carbocycles. The van der Waals surface area contributed by atoms with E-state index in [1.54, 1.807) is 21.0 Å². The summed E-state index contributed by atoms with van der Waals surface area (Å²) in [6.45, 7) is 10.6. The van der Waals surface area contributed by atoms with Crippen molar-refractivity contribution in [3.8, 4) is 0 Å². The second-order valence-corrected chi connectivity index (χ2v) is 8.05. The highest BCUT2D eigenvalue weighted by Crippen LogP contribution is 2.39. The van der Waals surface area contributed by atoms with Gasteiger partial charge in [0.2, 0.25) is 0 Å². The van der Waals surface area contributed by atoms with Crippen molar-refractivity contribution in [2.24, 2.45) is 5.92 Å². The van der Waals surface area contributed by atoms with Gasteiger partial charge in [-0.05, 0) is 16.5 Å². The maximum Gasteiger partial charge on any atom is 0.290 e. The molecule has 5 heteroatoms. The third kappa shape index (κ3) is 3.83. The fraction of sp³-hybridized carbons (Fsp3) is 0.524. The minimum atomic E-state index is -0.582. The lowest BCUT2D eigenvalue weighted by Gasteiger charge is -2.28. The number of Topliss-reactive ketones (excluding diaryl/α,β-unsaturated/α-hetero) is 1. The van der Waals surface area contributed by atoms with Crippen LogP contribution in [0.25, 0.3) is 0 Å². The summed E-state index contributed by atoms with van der Waals surface area (Å²) < 4.78 is 5.10. The summed E-state index contributed by atoms with van der Waals surface area (Å²) in [5, 5.41) is 10.4. The fourth-order valence-corrected chi connectivity index (χ4v) is 3.15. The molecule has 0 saturated heterocycles. The van der Waals surface area contributed by atoms with Gasteiger partial charge in [0.05, 0.1) is 18.2 Å². The van der Waals surface area contributed by atoms with E-state index >= 15 is 0 Å². The topological polar surface area (TPSA) is 66.8 Å². The van der Waals surface area contributed by atoms with Crippen LogP contribution in [0.3, 0.4) is 0 Å². The van der Waals surface area contributed by atoms with E-state index in [1.165, 1.54) is 10.5 Å². The predicted octanol–water partition coefficient (Wildman–Crippen LogP) is 3.55. The Balaban J connectivity index is 2.50. The zero-order valence-electron chi connectivity index (χ0n) is 16.5. The Morgan fingerprint density at radius 1 is 1.23 bits per heavy atom. The normalized spacial score (nSPS) is 18.2. The molecule has 142 valence electrons. The van der Waals surface area contributed by atoms with Crippen molar-refractivity contribution in [1.82, 2.24) is 4.90 Å². The second kappa shape index (κ2) is 7.62. The van der Waals surface area contributed by atoms with E-state index < -0.39 is 17.7 Å². The smallest absolute Gasteiger partial charge is 0.290 e. The zero-order chi connectivity index (χ0) is 19.6. The van der Waals surface area contributed by atoms with Crippen LogP contribution in [0.5, 0.6) is 0 Å². The first-order valence-electron chi connectivity index (χ1n) is 8.97. The molecule has 1 heterocycles. The van der Waals surface area contributed by atoms with E-state index in [-0.39, 0.29) is 22.7 Å². The number of ketones is 1. The van der Waals surface area contributed by atoms with E-state index in [2.05, 4.69) is 20.8 Å². The fourth-order valence-electron chi connectivity index (χ4n) is 3.15. The number of methoxy groups -OCH3 is 1. The number of aliphatic hydroxyl groups excluding tert-OH is 1. The van der Waals surface area contributed by atoms with Crippen molar-refractivity contribution in [3.63, 3.8) is 0 Å². The van der Waals surface area contributed by atoms with E-state index in [4.69, 9.17) is 4.74 Å². The van der Waals surface area contributed by atoms with Crippen molar-refractivity contribution in [3.05, 3.63) is 46.7 Å². The van der Waals surface area contributed by atoms with Gasteiger partial charge in [-0.15, -0.1) is 0 Å². The van der Waals surface area contributed by atoms with Gasteiger partial charge in [-0.2, -0.15) is 0 Å². The highest BCUT2D eigenvalue weighted by molar-refractivity contribution is 6.09. The van der Waals surface area contributed by atoms with Crippen molar-refractivity contribution in [1.29, 1.82) is 0 Å². The Bertz CT molecular complexity index is 711. The molecule has 2 rings (SSSR count). The van der Waals surface area contributed by atoms with Gasteiger partial charge < -0.3 is 14.7 Å². The minimum absolute atomic E-state index is 0.00826. The van der Waals surface area contributed by atoms with Crippen LogP contribution in [-0.4, -0.2) is 42.0 Å². The molecule has 5 nitrogen and oxygen atoms in total. The van der Waals surface area contributed by atoms with Gasteiger partial charge >= 0.3 is 0 Å². The molecule has 1 aliphatic rings. The molecular formula is C21H29NO4. The molecule has 0 aliphatic carbocycles. The SMILES string of the molecule is COCCN1C(=O)C(O)=C(C(=O)C(C)C)C1c1ccc(C(C)(C)C)cc1. The predicted molar refractivity (Wildman–Crippen MR) is 101 cm³/mol. The summed E-state index contributed by atoms with van der Waals surface area (Å²) in [6, 6.07) is 7.32. The zero-order valence-corrected chi connectivity index (χ0v) is 16.5. The Morgan fingerprint density at radius 2 is 1.81 bits per heavy atom. The number of ether oxygens (including phenoxy) is 1. The van der Waals surface area contributed by atoms with E-state index in [0.717, 1.165) is 5.56 Å². The van der Waals surface area contributed by atoms with Gasteiger partial charge in [-0.25, -0.2) is 0 Å². The number of carbonyl (C=O) groups is 2. The number of benzene rings is 1. The van der Waals surface area contributed by atoms with Crippen LogP contribution in [0.15, 0.2) is 35.6 Å². The molecule has 0 bridgehead atoms. The van der Waals surface area contributed by atoms with Crippen LogP contribution in [0.4, 0.5) is 0 Å². The molecule has 1 aromatic rings.